The van der Waals surface area contributed by atoms with Crippen LogP contribution in [-0.4, -0.2) is 42.4 Å². The van der Waals surface area contributed by atoms with E-state index in [0.29, 0.717) is 17.4 Å². The van der Waals surface area contributed by atoms with Crippen LogP contribution in [0.25, 0.3) is 0 Å². The highest BCUT2D eigenvalue weighted by Gasteiger charge is 2.24. The number of aryl methyl sites for hydroxylation is 1. The van der Waals surface area contributed by atoms with Gasteiger partial charge in [-0.05, 0) is 31.4 Å². The lowest BCUT2D eigenvalue weighted by Gasteiger charge is -2.32. The molecule has 0 unspecified atom stereocenters. The van der Waals surface area contributed by atoms with Crippen LogP contribution in [0.1, 0.15) is 28.8 Å². The number of anilines is 1. The molecule has 5 nitrogen and oxygen atoms in total. The van der Waals surface area contributed by atoms with Gasteiger partial charge in [0.2, 0.25) is 0 Å². The van der Waals surface area contributed by atoms with Crippen LogP contribution in [0.3, 0.4) is 0 Å². The number of aromatic carboxylic acids is 1. The Bertz CT molecular complexity index is 442. The minimum atomic E-state index is -0.922. The van der Waals surface area contributed by atoms with Crippen LogP contribution in [0, 0.1) is 6.92 Å². The molecule has 0 amide bonds. The van der Waals surface area contributed by atoms with E-state index in [1.54, 1.807) is 19.2 Å². The van der Waals surface area contributed by atoms with E-state index < -0.39 is 5.97 Å². The third kappa shape index (κ3) is 2.46. The first kappa shape index (κ1) is 12.8. The summed E-state index contributed by atoms with van der Waals surface area (Å²) in [6.45, 7) is 3.25. The van der Waals surface area contributed by atoms with E-state index >= 15 is 0 Å². The molecule has 1 aliphatic heterocycles. The van der Waals surface area contributed by atoms with E-state index in [0.717, 1.165) is 31.6 Å². The summed E-state index contributed by atoms with van der Waals surface area (Å²) in [5.41, 5.74) is 1.04. The van der Waals surface area contributed by atoms with Crippen molar-refractivity contribution in [3.63, 3.8) is 0 Å². The van der Waals surface area contributed by atoms with Crippen LogP contribution in [-0.2, 0) is 4.74 Å². The second kappa shape index (κ2) is 5.35. The summed E-state index contributed by atoms with van der Waals surface area (Å²) in [5.74, 6) is -0.371. The number of carboxylic acid groups (broad SMARTS) is 1. The summed E-state index contributed by atoms with van der Waals surface area (Å²) in [6, 6.07) is 2.02. The third-order valence-corrected chi connectivity index (χ3v) is 3.43. The summed E-state index contributed by atoms with van der Waals surface area (Å²) in [4.78, 5) is 17.5. The Balaban J connectivity index is 2.31. The van der Waals surface area contributed by atoms with Gasteiger partial charge in [-0.1, -0.05) is 0 Å². The maximum atomic E-state index is 11.3. The third-order valence-electron chi connectivity index (χ3n) is 3.43. The van der Waals surface area contributed by atoms with Gasteiger partial charge in [0, 0.05) is 32.5 Å². The number of nitrogens with zero attached hydrogens (tertiary/aromatic N) is 2. The van der Waals surface area contributed by atoms with E-state index in [2.05, 4.69) is 4.98 Å². The first-order chi connectivity index (χ1) is 8.61. The number of carbonyl (C=O) groups is 1. The van der Waals surface area contributed by atoms with Gasteiger partial charge in [-0.3, -0.25) is 0 Å². The van der Waals surface area contributed by atoms with Crippen LogP contribution >= 0.6 is 0 Å². The Morgan fingerprint density at radius 1 is 1.50 bits per heavy atom. The van der Waals surface area contributed by atoms with Crippen molar-refractivity contribution in [2.45, 2.75) is 25.8 Å². The lowest BCUT2D eigenvalue weighted by molar-refractivity contribution is 0.0695. The number of carboxylic acids is 1. The minimum Gasteiger partial charge on any atom is -0.478 e. The van der Waals surface area contributed by atoms with E-state index in [-0.39, 0.29) is 0 Å². The average molecular weight is 250 g/mol. The average Bonchev–Trinajstić information content (AvgIpc) is 2.38. The summed E-state index contributed by atoms with van der Waals surface area (Å²) >= 11 is 0. The van der Waals surface area contributed by atoms with Gasteiger partial charge in [0.05, 0.1) is 0 Å². The molecule has 0 atom stereocenters. The van der Waals surface area contributed by atoms with Crippen LogP contribution in [0.5, 0.6) is 0 Å². The largest absolute Gasteiger partial charge is 0.478 e. The van der Waals surface area contributed by atoms with Gasteiger partial charge in [0.25, 0.3) is 0 Å². The number of hydrogen-bond donors (Lipinski definition) is 1. The molecule has 0 aliphatic carbocycles. The Labute approximate surface area is 106 Å². The molecule has 0 aromatic carbocycles. The molecule has 98 valence electrons. The Kier molecular flexibility index (Phi) is 3.81. The smallest absolute Gasteiger partial charge is 0.339 e. The molecular formula is C13H18N2O3. The Morgan fingerprint density at radius 2 is 2.17 bits per heavy atom. The molecule has 1 fully saturated rings. The second-order valence-corrected chi connectivity index (χ2v) is 4.59. The zero-order valence-corrected chi connectivity index (χ0v) is 10.7. The van der Waals surface area contributed by atoms with E-state index in [1.807, 2.05) is 11.9 Å². The number of aromatic nitrogens is 1. The standard InChI is InChI=1S/C13H18N2O3/c1-9-3-6-14-12(11(9)13(16)17)15(2)10-4-7-18-8-5-10/h3,6,10H,4-5,7-8H2,1-2H3,(H,16,17). The zero-order chi connectivity index (χ0) is 13.1. The first-order valence-corrected chi connectivity index (χ1v) is 6.10. The molecule has 1 aromatic heterocycles. The quantitative estimate of drug-likeness (QED) is 0.884. The molecule has 2 heterocycles. The number of ether oxygens (including phenoxy) is 1. The van der Waals surface area contributed by atoms with Crippen molar-refractivity contribution in [3.8, 4) is 0 Å². The fourth-order valence-corrected chi connectivity index (χ4v) is 2.32. The van der Waals surface area contributed by atoms with Crippen LogP contribution in [0.4, 0.5) is 5.82 Å². The molecular weight excluding hydrogens is 232 g/mol. The number of pyridine rings is 1. The predicted molar refractivity (Wildman–Crippen MR) is 68.2 cm³/mol. The fourth-order valence-electron chi connectivity index (χ4n) is 2.32. The monoisotopic (exact) mass is 250 g/mol. The normalized spacial score (nSPS) is 16.6. The maximum Gasteiger partial charge on any atom is 0.339 e. The van der Waals surface area contributed by atoms with Crippen LogP contribution < -0.4 is 4.90 Å². The molecule has 1 aliphatic rings. The lowest BCUT2D eigenvalue weighted by atomic mass is 10.1. The molecule has 1 aromatic rings. The van der Waals surface area contributed by atoms with Gasteiger partial charge >= 0.3 is 5.97 Å². The van der Waals surface area contributed by atoms with Gasteiger partial charge in [-0.2, -0.15) is 0 Å². The highest BCUT2D eigenvalue weighted by Crippen LogP contribution is 2.24. The van der Waals surface area contributed by atoms with Crippen LogP contribution in [0.15, 0.2) is 12.3 Å². The molecule has 1 N–H and O–H groups in total. The SMILES string of the molecule is Cc1ccnc(N(C)C2CCOCC2)c1C(=O)O. The van der Waals surface area contributed by atoms with Crippen molar-refractivity contribution in [1.29, 1.82) is 0 Å². The van der Waals surface area contributed by atoms with Crippen molar-refractivity contribution in [3.05, 3.63) is 23.4 Å². The first-order valence-electron chi connectivity index (χ1n) is 6.10. The molecule has 2 rings (SSSR count). The molecule has 5 heteroatoms. The number of rotatable bonds is 3. The van der Waals surface area contributed by atoms with Gasteiger partial charge in [-0.15, -0.1) is 0 Å². The maximum absolute atomic E-state index is 11.3. The van der Waals surface area contributed by atoms with Gasteiger partial charge in [0.15, 0.2) is 0 Å². The van der Waals surface area contributed by atoms with Gasteiger partial charge in [0.1, 0.15) is 11.4 Å². The zero-order valence-electron chi connectivity index (χ0n) is 10.7. The fraction of sp³-hybridized carbons (Fsp3) is 0.538. The van der Waals surface area contributed by atoms with Crippen molar-refractivity contribution in [2.75, 3.05) is 25.2 Å². The molecule has 0 radical (unpaired) electrons. The minimum absolute atomic E-state index is 0.297. The van der Waals surface area contributed by atoms with Crippen molar-refractivity contribution >= 4 is 11.8 Å². The molecule has 0 spiro atoms. The summed E-state index contributed by atoms with van der Waals surface area (Å²) in [5, 5.41) is 9.30. The van der Waals surface area contributed by atoms with E-state index in [4.69, 9.17) is 4.74 Å². The highest BCUT2D eigenvalue weighted by atomic mass is 16.5. The summed E-state index contributed by atoms with van der Waals surface area (Å²) in [6.07, 6.45) is 3.48. The summed E-state index contributed by atoms with van der Waals surface area (Å²) in [7, 11) is 1.91. The van der Waals surface area contributed by atoms with Crippen LogP contribution in [0.2, 0.25) is 0 Å². The van der Waals surface area contributed by atoms with E-state index in [9.17, 15) is 9.90 Å². The van der Waals surface area contributed by atoms with Crippen molar-refractivity contribution in [2.24, 2.45) is 0 Å². The highest BCUT2D eigenvalue weighted by molar-refractivity contribution is 5.94. The Hall–Kier alpha value is -1.62. The molecule has 0 saturated carbocycles. The number of hydrogen-bond acceptors (Lipinski definition) is 4. The second-order valence-electron chi connectivity index (χ2n) is 4.59. The summed E-state index contributed by atoms with van der Waals surface area (Å²) < 4.78 is 5.32. The lowest BCUT2D eigenvalue weighted by Crippen LogP contribution is -2.38. The molecule has 18 heavy (non-hydrogen) atoms. The molecule has 1 saturated heterocycles. The van der Waals surface area contributed by atoms with Crippen molar-refractivity contribution in [1.82, 2.24) is 4.98 Å². The van der Waals surface area contributed by atoms with Crippen molar-refractivity contribution < 1.29 is 14.6 Å². The van der Waals surface area contributed by atoms with Gasteiger partial charge in [-0.25, -0.2) is 9.78 Å². The molecule has 0 bridgehead atoms. The van der Waals surface area contributed by atoms with E-state index in [1.165, 1.54) is 0 Å². The Morgan fingerprint density at radius 3 is 2.78 bits per heavy atom. The predicted octanol–water partition coefficient (Wildman–Crippen LogP) is 1.70. The van der Waals surface area contributed by atoms with Gasteiger partial charge < -0.3 is 14.7 Å². The topological polar surface area (TPSA) is 62.7 Å².